The summed E-state index contributed by atoms with van der Waals surface area (Å²) >= 11 is 0. The zero-order valence-corrected chi connectivity index (χ0v) is 14.7. The smallest absolute Gasteiger partial charge is 0.313 e. The van der Waals surface area contributed by atoms with E-state index in [1.54, 1.807) is 31.2 Å². The van der Waals surface area contributed by atoms with Crippen LogP contribution in [0.25, 0.3) is 0 Å². The van der Waals surface area contributed by atoms with Crippen LogP contribution in [-0.4, -0.2) is 50.0 Å². The van der Waals surface area contributed by atoms with Gasteiger partial charge in [0.05, 0.1) is 6.61 Å². The summed E-state index contributed by atoms with van der Waals surface area (Å²) in [6.45, 7) is 7.99. The molecular weight excluding hydrogens is 326 g/mol. The van der Waals surface area contributed by atoms with Crippen molar-refractivity contribution in [1.82, 2.24) is 0 Å². The van der Waals surface area contributed by atoms with Gasteiger partial charge in [-0.2, -0.15) is 0 Å². The number of aliphatic imine (C=N–C) groups is 1. The summed E-state index contributed by atoms with van der Waals surface area (Å²) in [4.78, 5) is 47.1. The van der Waals surface area contributed by atoms with Crippen LogP contribution >= 0.6 is 0 Å². The maximum Gasteiger partial charge on any atom is 0.313 e. The minimum absolute atomic E-state index is 0.0641. The Kier molecular flexibility index (Phi) is 11.4. The maximum atomic E-state index is 11.0. The highest BCUT2D eigenvalue weighted by atomic mass is 16.5. The van der Waals surface area contributed by atoms with Crippen molar-refractivity contribution in [3.63, 3.8) is 0 Å². The van der Waals surface area contributed by atoms with E-state index in [1.807, 2.05) is 0 Å². The van der Waals surface area contributed by atoms with Gasteiger partial charge in [0.2, 0.25) is 0 Å². The first-order valence-corrected chi connectivity index (χ1v) is 7.61. The van der Waals surface area contributed by atoms with Gasteiger partial charge in [0.25, 0.3) is 0 Å². The monoisotopic (exact) mass is 349 g/mol. The molecule has 7 heteroatoms. The molecule has 0 aliphatic heterocycles. The van der Waals surface area contributed by atoms with Crippen molar-refractivity contribution in [2.24, 2.45) is 4.99 Å². The number of rotatable bonds is 9. The molecule has 1 rings (SSSR count). The summed E-state index contributed by atoms with van der Waals surface area (Å²) < 4.78 is 9.30. The minimum Gasteiger partial charge on any atom is -0.466 e. The molecule has 0 heterocycles. The normalized spacial score (nSPS) is 9.40. The van der Waals surface area contributed by atoms with E-state index in [0.717, 1.165) is 0 Å². The molecule has 0 saturated heterocycles. The Morgan fingerprint density at radius 1 is 1.04 bits per heavy atom. The maximum absolute atomic E-state index is 11.0. The number of carbonyl (C=O) groups is 4. The Bertz CT molecular complexity index is 591. The average Bonchev–Trinajstić information content (AvgIpc) is 2.55. The third-order valence-electron chi connectivity index (χ3n) is 2.78. The number of ether oxygens (including phenoxy) is 2. The van der Waals surface area contributed by atoms with Gasteiger partial charge in [-0.3, -0.25) is 24.2 Å². The van der Waals surface area contributed by atoms with E-state index in [9.17, 15) is 19.2 Å². The number of hydrogen-bond acceptors (Lipinski definition) is 7. The molecule has 0 aliphatic carbocycles. The first-order chi connectivity index (χ1) is 11.8. The van der Waals surface area contributed by atoms with E-state index in [-0.39, 0.29) is 43.7 Å². The fraction of sp³-hybridized carbons (Fsp3) is 0.389. The summed E-state index contributed by atoms with van der Waals surface area (Å²) in [5, 5.41) is 0. The van der Waals surface area contributed by atoms with Crippen LogP contribution in [0.1, 0.15) is 47.9 Å². The lowest BCUT2D eigenvalue weighted by molar-refractivity contribution is -0.146. The highest BCUT2D eigenvalue weighted by Gasteiger charge is 2.10. The molecule has 0 radical (unpaired) electrons. The zero-order valence-electron chi connectivity index (χ0n) is 14.7. The first kappa shape index (κ1) is 22.3. The quantitative estimate of drug-likeness (QED) is 0.223. The van der Waals surface area contributed by atoms with Crippen molar-refractivity contribution < 1.29 is 28.7 Å². The number of benzene rings is 1. The SMILES string of the molecule is C=NCOCC(=O)CC(=O)OCC.CC(=O)c1ccccc1C(C)=O. The highest BCUT2D eigenvalue weighted by molar-refractivity contribution is 6.07. The molecule has 0 aliphatic rings. The molecule has 25 heavy (non-hydrogen) atoms. The van der Waals surface area contributed by atoms with Crippen LogP contribution in [0.2, 0.25) is 0 Å². The Morgan fingerprint density at radius 3 is 1.96 bits per heavy atom. The third-order valence-corrected chi connectivity index (χ3v) is 2.78. The summed E-state index contributed by atoms with van der Waals surface area (Å²) in [6, 6.07) is 6.84. The molecule has 1 aromatic rings. The Labute approximate surface area is 147 Å². The van der Waals surface area contributed by atoms with Crippen LogP contribution in [0.3, 0.4) is 0 Å². The molecule has 0 spiro atoms. The van der Waals surface area contributed by atoms with E-state index in [0.29, 0.717) is 11.1 Å². The molecule has 7 nitrogen and oxygen atoms in total. The van der Waals surface area contributed by atoms with Crippen LogP contribution < -0.4 is 0 Å². The van der Waals surface area contributed by atoms with Crippen molar-refractivity contribution in [2.75, 3.05) is 19.9 Å². The van der Waals surface area contributed by atoms with Gasteiger partial charge in [-0.25, -0.2) is 0 Å². The largest absolute Gasteiger partial charge is 0.466 e. The molecule has 0 fully saturated rings. The van der Waals surface area contributed by atoms with Gasteiger partial charge in [0.15, 0.2) is 17.3 Å². The molecule has 0 bridgehead atoms. The second-order valence-electron chi connectivity index (χ2n) is 4.88. The lowest BCUT2D eigenvalue weighted by Crippen LogP contribution is -2.15. The second-order valence-corrected chi connectivity index (χ2v) is 4.88. The molecule has 0 amide bonds. The summed E-state index contributed by atoms with van der Waals surface area (Å²) in [5.74, 6) is -0.980. The second kappa shape index (κ2) is 12.7. The van der Waals surface area contributed by atoms with E-state index >= 15 is 0 Å². The van der Waals surface area contributed by atoms with Gasteiger partial charge in [-0.1, -0.05) is 24.3 Å². The fourth-order valence-corrected chi connectivity index (χ4v) is 1.75. The molecule has 0 saturated carbocycles. The van der Waals surface area contributed by atoms with Crippen LogP contribution in [0.15, 0.2) is 29.3 Å². The van der Waals surface area contributed by atoms with E-state index in [1.165, 1.54) is 13.8 Å². The van der Waals surface area contributed by atoms with Crippen LogP contribution in [0, 0.1) is 0 Å². The topological polar surface area (TPSA) is 99.1 Å². The Morgan fingerprint density at radius 2 is 1.56 bits per heavy atom. The number of nitrogens with zero attached hydrogens (tertiary/aromatic N) is 1. The summed E-state index contributed by atoms with van der Waals surface area (Å²) in [5.41, 5.74) is 1.01. The standard InChI is InChI=1S/C10H10O2.C8H13NO4/c1-7(11)9-5-3-4-6-10(9)8(2)12;1-3-13-8(11)4-7(10)5-12-6-9-2/h3-6H,1-2H3;2-6H2,1H3. The van der Waals surface area contributed by atoms with Gasteiger partial charge in [-0.15, -0.1) is 0 Å². The highest BCUT2D eigenvalue weighted by Crippen LogP contribution is 2.09. The van der Waals surface area contributed by atoms with Crippen LogP contribution in [0.5, 0.6) is 0 Å². The lowest BCUT2D eigenvalue weighted by atomic mass is 10.0. The summed E-state index contributed by atoms with van der Waals surface area (Å²) in [6.07, 6.45) is -0.245. The summed E-state index contributed by atoms with van der Waals surface area (Å²) in [7, 11) is 0. The van der Waals surface area contributed by atoms with Crippen molar-refractivity contribution in [1.29, 1.82) is 0 Å². The fourth-order valence-electron chi connectivity index (χ4n) is 1.75. The molecule has 0 N–H and O–H groups in total. The van der Waals surface area contributed by atoms with Gasteiger partial charge >= 0.3 is 5.97 Å². The van der Waals surface area contributed by atoms with Crippen molar-refractivity contribution in [3.05, 3.63) is 35.4 Å². The van der Waals surface area contributed by atoms with Crippen molar-refractivity contribution in [2.45, 2.75) is 27.2 Å². The molecule has 136 valence electrons. The molecule has 0 unspecified atom stereocenters. The van der Waals surface area contributed by atoms with E-state index in [4.69, 9.17) is 4.74 Å². The Balaban J connectivity index is 0.000000462. The van der Waals surface area contributed by atoms with Gasteiger partial charge in [0, 0.05) is 11.1 Å². The third kappa shape index (κ3) is 9.93. The lowest BCUT2D eigenvalue weighted by Gasteiger charge is -2.00. The van der Waals surface area contributed by atoms with Gasteiger partial charge in [-0.05, 0) is 27.5 Å². The Hall–Kier alpha value is -2.67. The van der Waals surface area contributed by atoms with Crippen LogP contribution in [0.4, 0.5) is 0 Å². The predicted octanol–water partition coefficient (Wildman–Crippen LogP) is 2.28. The molecule has 0 atom stereocenters. The molecule has 0 aromatic heterocycles. The first-order valence-electron chi connectivity index (χ1n) is 7.61. The minimum atomic E-state index is -0.525. The van der Waals surface area contributed by atoms with Gasteiger partial charge in [0.1, 0.15) is 19.8 Å². The number of hydrogen-bond donors (Lipinski definition) is 0. The molecule has 1 aromatic carbocycles. The van der Waals surface area contributed by atoms with Gasteiger partial charge < -0.3 is 9.47 Å². The number of carbonyl (C=O) groups excluding carboxylic acids is 4. The number of esters is 1. The zero-order chi connectivity index (χ0) is 19.2. The van der Waals surface area contributed by atoms with Crippen LogP contribution in [-0.2, 0) is 19.1 Å². The average molecular weight is 349 g/mol. The van der Waals surface area contributed by atoms with E-state index in [2.05, 4.69) is 16.4 Å². The number of Topliss-reactive ketones (excluding diaryl/α,β-unsaturated/α-hetero) is 3. The predicted molar refractivity (Wildman–Crippen MR) is 93.1 cm³/mol. The number of ketones is 3. The van der Waals surface area contributed by atoms with E-state index < -0.39 is 5.97 Å². The van der Waals surface area contributed by atoms with Crippen molar-refractivity contribution >= 4 is 30.0 Å². The molecular formula is C18H23NO6. The van der Waals surface area contributed by atoms with Crippen molar-refractivity contribution in [3.8, 4) is 0 Å².